The molecule has 1 unspecified atom stereocenters. The summed E-state index contributed by atoms with van der Waals surface area (Å²) < 4.78 is 9.04. The molecule has 3 fully saturated rings. The minimum atomic E-state index is -2.31. The number of para-hydroxylation sites is 1. The van der Waals surface area contributed by atoms with Crippen molar-refractivity contribution in [3.05, 3.63) is 29.8 Å². The zero-order chi connectivity index (χ0) is 35.8. The Bertz CT molecular complexity index is 1540. The number of imide groups is 1. The third-order valence-corrected chi connectivity index (χ3v) is 9.85. The lowest BCUT2D eigenvalue weighted by atomic mass is 9.87. The van der Waals surface area contributed by atoms with Crippen molar-refractivity contribution in [2.24, 2.45) is 5.41 Å². The number of piperazine rings is 1. The Kier molecular flexibility index (Phi) is 9.99. The van der Waals surface area contributed by atoms with Crippen molar-refractivity contribution >= 4 is 59.8 Å². The van der Waals surface area contributed by atoms with Gasteiger partial charge < -0.3 is 35.4 Å². The summed E-state index contributed by atoms with van der Waals surface area (Å²) in [6, 6.07) is 1.51. The van der Waals surface area contributed by atoms with Gasteiger partial charge in [-0.05, 0) is 47.6 Å². The number of phenols is 1. The number of esters is 2. The molecule has 18 heteroatoms. The molecule has 1 aromatic rings. The third kappa shape index (κ3) is 6.23. The summed E-state index contributed by atoms with van der Waals surface area (Å²) in [4.78, 5) is 107. The van der Waals surface area contributed by atoms with Crippen LogP contribution in [0.3, 0.4) is 0 Å². The van der Waals surface area contributed by atoms with Crippen LogP contribution in [0.15, 0.2) is 24.3 Å². The van der Waals surface area contributed by atoms with Crippen LogP contribution in [-0.4, -0.2) is 116 Å². The first kappa shape index (κ1) is 36.0. The Morgan fingerprint density at radius 3 is 2.35 bits per heavy atom. The SMILES string of the molecule is CCN1CCN(C(=O)NC(C(=O)N[C@@]2(C(=O)OCOC(=O)C(C)(C)C)N3C(=O)[C@@H](NC=O)[C@H]3SC2(C)C)c2ccccc2O)C(=O)C1=O. The van der Waals surface area contributed by atoms with Gasteiger partial charge in [-0.2, -0.15) is 0 Å². The number of rotatable bonds is 10. The quantitative estimate of drug-likeness (QED) is 0.0806. The van der Waals surface area contributed by atoms with Gasteiger partial charge in [0, 0.05) is 25.2 Å². The number of thioether (sulfide) groups is 1. The van der Waals surface area contributed by atoms with E-state index in [1.165, 1.54) is 43.0 Å². The predicted octanol–water partition coefficient (Wildman–Crippen LogP) is -0.456. The number of likely N-dealkylation sites (N-methyl/N-ethyl adjacent to an activating group) is 1. The maximum atomic E-state index is 14.3. The van der Waals surface area contributed by atoms with Gasteiger partial charge in [0.05, 0.1) is 10.2 Å². The number of amides is 7. The molecule has 0 radical (unpaired) electrons. The molecule has 17 nitrogen and oxygen atoms in total. The van der Waals surface area contributed by atoms with E-state index in [0.29, 0.717) is 11.3 Å². The highest BCUT2D eigenvalue weighted by atomic mass is 32.2. The highest BCUT2D eigenvalue weighted by molar-refractivity contribution is 8.01. The topological polar surface area (TPSA) is 221 Å². The van der Waals surface area contributed by atoms with Crippen LogP contribution in [-0.2, 0) is 43.0 Å². The number of nitrogens with one attached hydrogen (secondary N) is 3. The van der Waals surface area contributed by atoms with E-state index < -0.39 is 87.4 Å². The van der Waals surface area contributed by atoms with Gasteiger partial charge in [0.2, 0.25) is 24.8 Å². The van der Waals surface area contributed by atoms with E-state index in [1.54, 1.807) is 27.7 Å². The Balaban J connectivity index is 1.71. The standard InChI is InChI=1S/C30H38N6O11S/c1-7-34-12-13-35(23(42)22(34)41)27(45)32-18(16-10-8-9-11-17(16)38)20(39)33-30(26(44)47-15-46-25(43)28(2,3)4)29(5,6)48-24-19(31-14-37)21(40)36(24)30/h8-11,14,18-19,24,38H,7,12-13,15H2,1-6H3,(H,31,37)(H,32,45)(H,33,39)/t18?,19-,24-,30+/m1/s1. The molecule has 4 rings (SSSR count). The summed E-state index contributed by atoms with van der Waals surface area (Å²) in [7, 11) is 0. The van der Waals surface area contributed by atoms with Gasteiger partial charge in [-0.15, -0.1) is 11.8 Å². The van der Waals surface area contributed by atoms with Crippen molar-refractivity contribution in [1.29, 1.82) is 0 Å². The number of hydrogen-bond donors (Lipinski definition) is 4. The lowest BCUT2D eigenvalue weighted by molar-refractivity contribution is -0.192. The first-order valence-corrected chi connectivity index (χ1v) is 15.9. The largest absolute Gasteiger partial charge is 0.508 e. The van der Waals surface area contributed by atoms with Crippen molar-refractivity contribution in [2.75, 3.05) is 26.4 Å². The number of phenolic OH excluding ortho intramolecular Hbond substituents is 1. The van der Waals surface area contributed by atoms with E-state index in [4.69, 9.17) is 9.47 Å². The Morgan fingerprint density at radius 1 is 1.08 bits per heavy atom. The van der Waals surface area contributed by atoms with Gasteiger partial charge in [0.15, 0.2) is 0 Å². The first-order chi connectivity index (χ1) is 22.4. The fourth-order valence-electron chi connectivity index (χ4n) is 5.55. The smallest absolute Gasteiger partial charge is 0.357 e. The Labute approximate surface area is 280 Å². The fraction of sp³-hybridized carbons (Fsp3) is 0.533. The van der Waals surface area contributed by atoms with Gasteiger partial charge in [-0.1, -0.05) is 18.2 Å². The number of benzene rings is 1. The molecule has 7 amide bonds. The summed E-state index contributed by atoms with van der Waals surface area (Å²) in [5.74, 6) is -6.23. The second-order valence-corrected chi connectivity index (χ2v) is 14.4. The van der Waals surface area contributed by atoms with Crippen LogP contribution < -0.4 is 16.0 Å². The minimum absolute atomic E-state index is 0.0521. The zero-order valence-electron chi connectivity index (χ0n) is 27.2. The number of aromatic hydroxyl groups is 1. The van der Waals surface area contributed by atoms with Crippen molar-refractivity contribution < 1.29 is 52.9 Å². The van der Waals surface area contributed by atoms with Crippen LogP contribution in [0.5, 0.6) is 5.75 Å². The average molecular weight is 691 g/mol. The number of carbonyl (C=O) groups is 8. The van der Waals surface area contributed by atoms with E-state index in [0.717, 1.165) is 16.7 Å². The molecular formula is C30H38N6O11S. The van der Waals surface area contributed by atoms with Gasteiger partial charge >= 0.3 is 29.8 Å². The first-order valence-electron chi connectivity index (χ1n) is 15.0. The molecule has 3 aliphatic heterocycles. The van der Waals surface area contributed by atoms with Crippen LogP contribution in [0.25, 0.3) is 0 Å². The van der Waals surface area contributed by atoms with Crippen LogP contribution in [0.2, 0.25) is 0 Å². The fourth-order valence-corrected chi connectivity index (χ4v) is 7.25. The molecule has 1 aromatic carbocycles. The van der Waals surface area contributed by atoms with Crippen molar-refractivity contribution in [3.63, 3.8) is 0 Å². The van der Waals surface area contributed by atoms with Gasteiger partial charge in [0.25, 0.3) is 5.91 Å². The minimum Gasteiger partial charge on any atom is -0.508 e. The zero-order valence-corrected chi connectivity index (χ0v) is 28.0. The second-order valence-electron chi connectivity index (χ2n) is 12.7. The van der Waals surface area contributed by atoms with Gasteiger partial charge in [-0.25, -0.2) is 9.59 Å². The number of ether oxygens (including phenoxy) is 2. The average Bonchev–Trinajstić information content (AvgIpc) is 3.23. The lowest BCUT2D eigenvalue weighted by Gasteiger charge is -2.50. The second kappa shape index (κ2) is 13.3. The molecule has 0 bridgehead atoms. The molecule has 0 aliphatic carbocycles. The Morgan fingerprint density at radius 2 is 1.75 bits per heavy atom. The summed E-state index contributed by atoms with van der Waals surface area (Å²) in [5.41, 5.74) is -3.39. The van der Waals surface area contributed by atoms with Crippen LogP contribution in [0.1, 0.15) is 53.1 Å². The molecule has 260 valence electrons. The van der Waals surface area contributed by atoms with Crippen molar-refractivity contribution in [3.8, 4) is 5.75 Å². The third-order valence-electron chi connectivity index (χ3n) is 8.24. The lowest BCUT2D eigenvalue weighted by Crippen LogP contribution is -2.80. The maximum absolute atomic E-state index is 14.3. The number of urea groups is 1. The number of nitrogens with zero attached hydrogens (tertiary/aromatic N) is 3. The predicted molar refractivity (Wildman–Crippen MR) is 166 cm³/mol. The number of hydrogen-bond acceptors (Lipinski definition) is 12. The van der Waals surface area contributed by atoms with E-state index in [-0.39, 0.29) is 25.2 Å². The van der Waals surface area contributed by atoms with Crippen LogP contribution >= 0.6 is 11.8 Å². The van der Waals surface area contributed by atoms with E-state index >= 15 is 0 Å². The Hall–Kier alpha value is -4.87. The van der Waals surface area contributed by atoms with Crippen molar-refractivity contribution in [1.82, 2.24) is 30.7 Å². The number of fused-ring (bicyclic) bond motifs is 1. The highest BCUT2D eigenvalue weighted by Gasteiger charge is 2.74. The molecule has 48 heavy (non-hydrogen) atoms. The molecule has 0 aromatic heterocycles. The summed E-state index contributed by atoms with van der Waals surface area (Å²) in [5, 5.41) is 17.2. The highest BCUT2D eigenvalue weighted by Crippen LogP contribution is 2.56. The molecule has 4 N–H and O–H groups in total. The molecule has 0 spiro atoms. The monoisotopic (exact) mass is 690 g/mol. The molecule has 0 saturated carbocycles. The van der Waals surface area contributed by atoms with Crippen molar-refractivity contribution in [2.45, 2.75) is 69.4 Å². The van der Waals surface area contributed by atoms with E-state index in [2.05, 4.69) is 16.0 Å². The summed E-state index contributed by atoms with van der Waals surface area (Å²) in [6.45, 7) is 8.74. The van der Waals surface area contributed by atoms with Crippen LogP contribution in [0.4, 0.5) is 4.79 Å². The van der Waals surface area contributed by atoms with Crippen LogP contribution in [0, 0.1) is 5.41 Å². The number of β-lactam (4-membered cyclic amide) rings is 1. The maximum Gasteiger partial charge on any atom is 0.357 e. The summed E-state index contributed by atoms with van der Waals surface area (Å²) >= 11 is 1.07. The van der Waals surface area contributed by atoms with Gasteiger partial charge in [-0.3, -0.25) is 38.6 Å². The summed E-state index contributed by atoms with van der Waals surface area (Å²) in [6.07, 6.45) is 0.326. The molecule has 3 heterocycles. The van der Waals surface area contributed by atoms with E-state index in [1.807, 2.05) is 0 Å². The molecule has 3 saturated heterocycles. The van der Waals surface area contributed by atoms with E-state index in [9.17, 15) is 43.5 Å². The molecular weight excluding hydrogens is 652 g/mol. The normalized spacial score (nSPS) is 23.8. The molecule has 3 aliphatic rings. The molecule has 4 atom stereocenters. The number of carbonyl (C=O) groups excluding carboxylic acids is 8. The van der Waals surface area contributed by atoms with Gasteiger partial charge in [0.1, 0.15) is 23.2 Å².